The fraction of sp³-hybridized carbons (Fsp3) is 1.00. The van der Waals surface area contributed by atoms with E-state index in [0.717, 1.165) is 23.7 Å². The van der Waals surface area contributed by atoms with Gasteiger partial charge < -0.3 is 5.32 Å². The van der Waals surface area contributed by atoms with Gasteiger partial charge in [-0.3, -0.25) is 0 Å². The van der Waals surface area contributed by atoms with Crippen LogP contribution in [0.3, 0.4) is 0 Å². The van der Waals surface area contributed by atoms with Gasteiger partial charge in [0.2, 0.25) is 0 Å². The average molecular weight is 195 g/mol. The Morgan fingerprint density at radius 2 is 1.64 bits per heavy atom. The predicted molar refractivity (Wildman–Crippen MR) is 61.3 cm³/mol. The molecular weight excluding hydrogens is 170 g/mol. The third-order valence-electron chi connectivity index (χ3n) is 4.52. The molecule has 0 aromatic heterocycles. The van der Waals surface area contributed by atoms with E-state index in [4.69, 9.17) is 0 Å². The Kier molecular flexibility index (Phi) is 3.48. The van der Waals surface area contributed by atoms with Crippen LogP contribution in [0.1, 0.15) is 46.0 Å². The molecule has 2 atom stereocenters. The van der Waals surface area contributed by atoms with Gasteiger partial charge in [-0.15, -0.1) is 0 Å². The number of rotatable bonds is 1. The molecule has 2 fully saturated rings. The van der Waals surface area contributed by atoms with Crippen LogP contribution < -0.4 is 5.32 Å². The SMILES string of the molecule is CC1CCC(C2CCNCC2C)CC1. The maximum atomic E-state index is 3.51. The van der Waals surface area contributed by atoms with Gasteiger partial charge in [-0.25, -0.2) is 0 Å². The summed E-state index contributed by atoms with van der Waals surface area (Å²) < 4.78 is 0. The number of hydrogen-bond acceptors (Lipinski definition) is 1. The second-order valence-corrected chi connectivity index (χ2v) is 5.65. The summed E-state index contributed by atoms with van der Waals surface area (Å²) in [5.41, 5.74) is 0. The molecule has 2 aliphatic rings. The van der Waals surface area contributed by atoms with Gasteiger partial charge in [0, 0.05) is 0 Å². The molecule has 0 amide bonds. The zero-order chi connectivity index (χ0) is 9.97. The topological polar surface area (TPSA) is 12.0 Å². The minimum atomic E-state index is 0.919. The second kappa shape index (κ2) is 4.65. The molecule has 0 spiro atoms. The highest BCUT2D eigenvalue weighted by atomic mass is 14.9. The molecule has 1 N–H and O–H groups in total. The van der Waals surface area contributed by atoms with E-state index in [9.17, 15) is 0 Å². The van der Waals surface area contributed by atoms with E-state index in [2.05, 4.69) is 19.2 Å². The summed E-state index contributed by atoms with van der Waals surface area (Å²) in [6.45, 7) is 7.38. The standard InChI is InChI=1S/C13H25N/c1-10-3-5-12(6-4-10)13-7-8-14-9-11(13)2/h10-14H,3-9H2,1-2H3. The highest BCUT2D eigenvalue weighted by Crippen LogP contribution is 2.38. The molecule has 0 bridgehead atoms. The Labute approximate surface area is 88.7 Å². The molecule has 1 saturated heterocycles. The van der Waals surface area contributed by atoms with Crippen LogP contribution in [0.5, 0.6) is 0 Å². The summed E-state index contributed by atoms with van der Waals surface area (Å²) in [6.07, 6.45) is 7.43. The molecule has 1 saturated carbocycles. The van der Waals surface area contributed by atoms with Crippen LogP contribution in [-0.2, 0) is 0 Å². The van der Waals surface area contributed by atoms with Gasteiger partial charge in [0.25, 0.3) is 0 Å². The maximum Gasteiger partial charge on any atom is -0.00204 e. The minimum absolute atomic E-state index is 0.919. The summed E-state index contributed by atoms with van der Waals surface area (Å²) in [7, 11) is 0. The van der Waals surface area contributed by atoms with E-state index in [1.54, 1.807) is 0 Å². The quantitative estimate of drug-likeness (QED) is 0.678. The summed E-state index contributed by atoms with van der Waals surface area (Å²) in [6, 6.07) is 0. The maximum absolute atomic E-state index is 3.51. The molecule has 14 heavy (non-hydrogen) atoms. The van der Waals surface area contributed by atoms with Gasteiger partial charge in [0.05, 0.1) is 0 Å². The first-order chi connectivity index (χ1) is 6.77. The third-order valence-corrected chi connectivity index (χ3v) is 4.52. The van der Waals surface area contributed by atoms with Crippen LogP contribution >= 0.6 is 0 Å². The third kappa shape index (κ3) is 2.31. The fourth-order valence-electron chi connectivity index (χ4n) is 3.45. The molecule has 1 heteroatoms. The Bertz CT molecular complexity index is 170. The van der Waals surface area contributed by atoms with Crippen molar-refractivity contribution in [1.29, 1.82) is 0 Å². The summed E-state index contributed by atoms with van der Waals surface area (Å²) >= 11 is 0. The molecule has 0 aromatic rings. The molecule has 2 unspecified atom stereocenters. The molecular formula is C13H25N. The van der Waals surface area contributed by atoms with Crippen molar-refractivity contribution in [1.82, 2.24) is 5.32 Å². The zero-order valence-corrected chi connectivity index (χ0v) is 9.76. The van der Waals surface area contributed by atoms with Gasteiger partial charge in [-0.05, 0) is 56.0 Å². The van der Waals surface area contributed by atoms with Gasteiger partial charge in [-0.2, -0.15) is 0 Å². The van der Waals surface area contributed by atoms with Crippen LogP contribution in [-0.4, -0.2) is 13.1 Å². The minimum Gasteiger partial charge on any atom is -0.316 e. The van der Waals surface area contributed by atoms with Crippen molar-refractivity contribution < 1.29 is 0 Å². The molecule has 1 aliphatic carbocycles. The second-order valence-electron chi connectivity index (χ2n) is 5.65. The molecule has 1 nitrogen and oxygen atoms in total. The molecule has 82 valence electrons. The fourth-order valence-corrected chi connectivity index (χ4v) is 3.45. The zero-order valence-electron chi connectivity index (χ0n) is 9.76. The van der Waals surface area contributed by atoms with Crippen molar-refractivity contribution in [2.45, 2.75) is 46.0 Å². The molecule has 0 aromatic carbocycles. The van der Waals surface area contributed by atoms with Crippen molar-refractivity contribution in [3.63, 3.8) is 0 Å². The molecule has 0 radical (unpaired) electrons. The summed E-state index contributed by atoms with van der Waals surface area (Å²) in [4.78, 5) is 0. The van der Waals surface area contributed by atoms with Crippen LogP contribution in [0, 0.1) is 23.7 Å². The van der Waals surface area contributed by atoms with Crippen molar-refractivity contribution in [3.05, 3.63) is 0 Å². The first-order valence-electron chi connectivity index (χ1n) is 6.48. The van der Waals surface area contributed by atoms with E-state index in [1.807, 2.05) is 0 Å². The highest BCUT2D eigenvalue weighted by Gasteiger charge is 2.30. The van der Waals surface area contributed by atoms with E-state index >= 15 is 0 Å². The molecule has 2 rings (SSSR count). The Morgan fingerprint density at radius 3 is 2.29 bits per heavy atom. The first-order valence-corrected chi connectivity index (χ1v) is 6.48. The number of hydrogen-bond donors (Lipinski definition) is 1. The monoisotopic (exact) mass is 195 g/mol. The van der Waals surface area contributed by atoms with E-state index in [-0.39, 0.29) is 0 Å². The lowest BCUT2D eigenvalue weighted by molar-refractivity contribution is 0.134. The van der Waals surface area contributed by atoms with Gasteiger partial charge in [-0.1, -0.05) is 26.7 Å². The summed E-state index contributed by atoms with van der Waals surface area (Å²) in [5.74, 6) is 4.01. The predicted octanol–water partition coefficient (Wildman–Crippen LogP) is 3.06. The van der Waals surface area contributed by atoms with E-state index in [0.29, 0.717) is 0 Å². The van der Waals surface area contributed by atoms with Crippen LogP contribution in [0.15, 0.2) is 0 Å². The van der Waals surface area contributed by atoms with Crippen LogP contribution in [0.2, 0.25) is 0 Å². The van der Waals surface area contributed by atoms with Crippen molar-refractivity contribution in [2.75, 3.05) is 13.1 Å². The molecule has 1 heterocycles. The van der Waals surface area contributed by atoms with Crippen LogP contribution in [0.4, 0.5) is 0 Å². The normalized spacial score (nSPS) is 45.0. The Morgan fingerprint density at radius 1 is 0.929 bits per heavy atom. The Balaban J connectivity index is 1.87. The Hall–Kier alpha value is -0.0400. The van der Waals surface area contributed by atoms with Crippen LogP contribution in [0.25, 0.3) is 0 Å². The van der Waals surface area contributed by atoms with E-state index < -0.39 is 0 Å². The van der Waals surface area contributed by atoms with Crippen molar-refractivity contribution in [2.24, 2.45) is 23.7 Å². The van der Waals surface area contributed by atoms with Crippen molar-refractivity contribution in [3.8, 4) is 0 Å². The van der Waals surface area contributed by atoms with Gasteiger partial charge in [0.1, 0.15) is 0 Å². The highest BCUT2D eigenvalue weighted by molar-refractivity contribution is 4.83. The van der Waals surface area contributed by atoms with Gasteiger partial charge >= 0.3 is 0 Å². The lowest BCUT2D eigenvalue weighted by Crippen LogP contribution is -2.39. The van der Waals surface area contributed by atoms with Crippen molar-refractivity contribution >= 4 is 0 Å². The largest absolute Gasteiger partial charge is 0.316 e. The summed E-state index contributed by atoms with van der Waals surface area (Å²) in [5, 5.41) is 3.51. The molecule has 1 aliphatic heterocycles. The first kappa shape index (κ1) is 10.5. The number of nitrogens with one attached hydrogen (secondary N) is 1. The smallest absolute Gasteiger partial charge is 0.00204 e. The lowest BCUT2D eigenvalue weighted by atomic mass is 9.70. The number of piperidine rings is 1. The average Bonchev–Trinajstić information content (AvgIpc) is 2.20. The van der Waals surface area contributed by atoms with Gasteiger partial charge in [0.15, 0.2) is 0 Å². The van der Waals surface area contributed by atoms with E-state index in [1.165, 1.54) is 45.2 Å². The lowest BCUT2D eigenvalue weighted by Gasteiger charge is -2.39.